The van der Waals surface area contributed by atoms with Crippen molar-refractivity contribution in [3.05, 3.63) is 59.7 Å². The van der Waals surface area contributed by atoms with Crippen LogP contribution in [0.4, 0.5) is 0 Å². The van der Waals surface area contributed by atoms with E-state index in [0.29, 0.717) is 5.75 Å². The lowest BCUT2D eigenvalue weighted by molar-refractivity contribution is -0.160. The number of carboxylic acids is 2. The van der Waals surface area contributed by atoms with Crippen LogP contribution in [-0.2, 0) is 19.2 Å². The van der Waals surface area contributed by atoms with E-state index in [0.717, 1.165) is 4.90 Å². The van der Waals surface area contributed by atoms with E-state index < -0.39 is 41.9 Å². The molecule has 1 aliphatic heterocycles. The van der Waals surface area contributed by atoms with E-state index in [4.69, 9.17) is 15.6 Å². The minimum Gasteiger partial charge on any atom is -0.508 e. The van der Waals surface area contributed by atoms with E-state index in [2.05, 4.69) is 10.5 Å². The van der Waals surface area contributed by atoms with Crippen LogP contribution in [0.1, 0.15) is 23.6 Å². The molecule has 2 aromatic carbocycles. The number of nitrogens with one attached hydrogen (secondary N) is 1. The Bertz CT molecular complexity index is 1170. The van der Waals surface area contributed by atoms with Gasteiger partial charge in [0.05, 0.1) is 13.2 Å². The first-order valence-corrected chi connectivity index (χ1v) is 10.7. The largest absolute Gasteiger partial charge is 0.508 e. The van der Waals surface area contributed by atoms with Gasteiger partial charge in [0.1, 0.15) is 23.6 Å². The molecule has 0 spiro atoms. The predicted octanol–water partition coefficient (Wildman–Crippen LogP) is -0.0958. The number of phenols is 1. The van der Waals surface area contributed by atoms with Crippen molar-refractivity contribution in [2.24, 2.45) is 10.9 Å². The number of nitrogens with zero attached hydrogens (tertiary/aromatic N) is 2. The van der Waals surface area contributed by atoms with Crippen molar-refractivity contribution in [1.29, 1.82) is 0 Å². The number of nitrogens with two attached hydrogens (primary N) is 1. The monoisotopic (exact) mass is 500 g/mol. The highest BCUT2D eigenvalue weighted by molar-refractivity contribution is 6.45. The number of likely N-dealkylation sites (tertiary alicyclic amines) is 1. The van der Waals surface area contributed by atoms with Crippen molar-refractivity contribution >= 4 is 29.5 Å². The molecule has 1 fully saturated rings. The topological polar surface area (TPSA) is 212 Å². The van der Waals surface area contributed by atoms with Gasteiger partial charge >= 0.3 is 11.9 Å². The zero-order valence-corrected chi connectivity index (χ0v) is 18.8. The van der Waals surface area contributed by atoms with Gasteiger partial charge in [-0.2, -0.15) is 0 Å². The molecular weight excluding hydrogens is 476 g/mol. The molecule has 3 rings (SSSR count). The number of ether oxygens (including phenoxy) is 1. The summed E-state index contributed by atoms with van der Waals surface area (Å²) in [7, 11) is 0. The zero-order valence-electron chi connectivity index (χ0n) is 18.8. The van der Waals surface area contributed by atoms with Gasteiger partial charge in [-0.25, -0.2) is 4.79 Å². The number of hydrogen-bond acceptors (Lipinski definition) is 9. The number of oxime groups is 1. The first kappa shape index (κ1) is 26.0. The summed E-state index contributed by atoms with van der Waals surface area (Å²) < 4.78 is 5.40. The Hall–Kier alpha value is -4.65. The molecule has 190 valence electrons. The van der Waals surface area contributed by atoms with Gasteiger partial charge in [0.25, 0.3) is 5.91 Å². The second-order valence-electron chi connectivity index (χ2n) is 7.90. The molecule has 2 aromatic rings. The molecule has 0 aromatic heterocycles. The van der Waals surface area contributed by atoms with E-state index in [9.17, 15) is 34.6 Å². The summed E-state index contributed by atoms with van der Waals surface area (Å²) in [6.45, 7) is -0.0393. The average molecular weight is 500 g/mol. The molecule has 2 unspecified atom stereocenters. The first-order chi connectivity index (χ1) is 17.1. The third-order valence-corrected chi connectivity index (χ3v) is 5.48. The zero-order chi connectivity index (χ0) is 26.4. The van der Waals surface area contributed by atoms with Crippen molar-refractivity contribution in [2.45, 2.75) is 24.5 Å². The fraction of sp³-hybridized carbons (Fsp3) is 0.261. The molecule has 13 nitrogen and oxygen atoms in total. The number of carbonyl (C=O) groups is 4. The van der Waals surface area contributed by atoms with Gasteiger partial charge in [-0.15, -0.1) is 0 Å². The van der Waals surface area contributed by atoms with E-state index >= 15 is 0 Å². The van der Waals surface area contributed by atoms with Gasteiger partial charge in [-0.3, -0.25) is 14.4 Å². The quantitative estimate of drug-likeness (QED) is 0.104. The lowest BCUT2D eigenvalue weighted by atomic mass is 9.97. The molecule has 1 aliphatic rings. The van der Waals surface area contributed by atoms with E-state index in [1.54, 1.807) is 0 Å². The Morgan fingerprint density at radius 1 is 1.08 bits per heavy atom. The number of rotatable bonds is 11. The molecule has 0 radical (unpaired) electrons. The molecule has 2 amide bonds. The van der Waals surface area contributed by atoms with Crippen LogP contribution in [0.3, 0.4) is 0 Å². The van der Waals surface area contributed by atoms with Crippen molar-refractivity contribution in [3.63, 3.8) is 0 Å². The third-order valence-electron chi connectivity index (χ3n) is 5.48. The van der Waals surface area contributed by atoms with Crippen LogP contribution in [0.25, 0.3) is 0 Å². The number of carbonyl (C=O) groups excluding carboxylic acids is 2. The van der Waals surface area contributed by atoms with Crippen LogP contribution in [0.15, 0.2) is 53.7 Å². The predicted molar refractivity (Wildman–Crippen MR) is 123 cm³/mol. The molecule has 1 heterocycles. The van der Waals surface area contributed by atoms with Gasteiger partial charge in [-0.1, -0.05) is 17.3 Å². The van der Waals surface area contributed by atoms with Crippen LogP contribution in [-0.4, -0.2) is 80.1 Å². The second-order valence-corrected chi connectivity index (χ2v) is 7.90. The van der Waals surface area contributed by atoms with E-state index in [1.165, 1.54) is 48.5 Å². The van der Waals surface area contributed by atoms with Crippen molar-refractivity contribution in [3.8, 4) is 11.5 Å². The molecule has 1 saturated heterocycles. The van der Waals surface area contributed by atoms with E-state index in [1.807, 2.05) is 0 Å². The summed E-state index contributed by atoms with van der Waals surface area (Å²) in [6.07, 6.45) is 0.0880. The standard InChI is InChI=1S/C23H24N4O9/c24-16(22(31)32)9-10-36-15-7-3-12(4-8-15)18(26-35)20(29)25-17-11-27(21(17)30)19(23(33)34)13-1-5-14(28)6-2-13/h1-8,16-17,19,28,35H,9-11,24H2,(H,25,29)(H,31,32)(H,33,34)/t16?,17-,19?/m0/s1. The summed E-state index contributed by atoms with van der Waals surface area (Å²) in [5.74, 6) is -3.59. The molecule has 36 heavy (non-hydrogen) atoms. The highest BCUT2D eigenvalue weighted by Crippen LogP contribution is 2.28. The van der Waals surface area contributed by atoms with Crippen molar-refractivity contribution in [2.75, 3.05) is 13.2 Å². The number of hydrogen-bond donors (Lipinski definition) is 6. The second kappa shape index (κ2) is 11.2. The SMILES string of the molecule is NC(CCOc1ccc(C(=NO)C(=O)N[C@H]2CN(C(C(=O)O)c3ccc(O)cc3)C2=O)cc1)C(=O)O. The average Bonchev–Trinajstić information content (AvgIpc) is 2.85. The summed E-state index contributed by atoms with van der Waals surface area (Å²) >= 11 is 0. The Balaban J connectivity index is 1.59. The Kier molecular flexibility index (Phi) is 8.07. The van der Waals surface area contributed by atoms with Crippen LogP contribution in [0, 0.1) is 0 Å². The molecular formula is C23H24N4O9. The number of amides is 2. The highest BCUT2D eigenvalue weighted by atomic mass is 16.5. The molecule has 7 N–H and O–H groups in total. The van der Waals surface area contributed by atoms with E-state index in [-0.39, 0.29) is 42.2 Å². The van der Waals surface area contributed by atoms with Crippen LogP contribution >= 0.6 is 0 Å². The van der Waals surface area contributed by atoms with Gasteiger partial charge in [0, 0.05) is 12.0 Å². The van der Waals surface area contributed by atoms with Crippen molar-refractivity contribution in [1.82, 2.24) is 10.2 Å². The highest BCUT2D eigenvalue weighted by Gasteiger charge is 2.45. The fourth-order valence-electron chi connectivity index (χ4n) is 3.50. The number of aliphatic carboxylic acids is 2. The molecule has 3 atom stereocenters. The lowest BCUT2D eigenvalue weighted by Gasteiger charge is -2.42. The summed E-state index contributed by atoms with van der Waals surface area (Å²) in [6, 6.07) is 7.83. The number of benzene rings is 2. The molecule has 0 bridgehead atoms. The molecule has 13 heteroatoms. The summed E-state index contributed by atoms with van der Waals surface area (Å²) in [5, 5.41) is 42.5. The summed E-state index contributed by atoms with van der Waals surface area (Å²) in [5.41, 5.74) is 5.51. The van der Waals surface area contributed by atoms with Gasteiger partial charge in [-0.05, 0) is 42.0 Å². The number of phenolic OH excluding ortho intramolecular Hbond substituents is 1. The Morgan fingerprint density at radius 2 is 1.72 bits per heavy atom. The summed E-state index contributed by atoms with van der Waals surface area (Å²) in [4.78, 5) is 48.8. The number of β-lactam (4-membered cyclic amide) rings is 1. The number of aromatic hydroxyl groups is 1. The third kappa shape index (κ3) is 5.88. The molecule has 0 aliphatic carbocycles. The molecule has 0 saturated carbocycles. The maximum Gasteiger partial charge on any atom is 0.331 e. The lowest BCUT2D eigenvalue weighted by Crippen LogP contribution is -2.66. The number of carboxylic acid groups (broad SMARTS) is 2. The minimum absolute atomic E-state index is 0.0516. The van der Waals surface area contributed by atoms with Crippen LogP contribution in [0.2, 0.25) is 0 Å². The Labute approximate surface area is 204 Å². The smallest absolute Gasteiger partial charge is 0.331 e. The van der Waals surface area contributed by atoms with Crippen molar-refractivity contribution < 1.29 is 44.4 Å². The van der Waals surface area contributed by atoms with Crippen LogP contribution < -0.4 is 15.8 Å². The minimum atomic E-state index is -1.30. The normalized spacial score (nSPS) is 17.0. The van der Waals surface area contributed by atoms with Gasteiger partial charge in [0.15, 0.2) is 11.8 Å². The van der Waals surface area contributed by atoms with Gasteiger partial charge in [0.2, 0.25) is 5.91 Å². The fourth-order valence-corrected chi connectivity index (χ4v) is 3.50. The van der Waals surface area contributed by atoms with Crippen LogP contribution in [0.5, 0.6) is 11.5 Å². The maximum absolute atomic E-state index is 12.6. The Morgan fingerprint density at radius 3 is 2.25 bits per heavy atom. The maximum atomic E-state index is 12.6. The first-order valence-electron chi connectivity index (χ1n) is 10.7. The van der Waals surface area contributed by atoms with Gasteiger partial charge < -0.3 is 41.2 Å².